The van der Waals surface area contributed by atoms with Crippen LogP contribution in [0.5, 0.6) is 0 Å². The van der Waals surface area contributed by atoms with Crippen molar-refractivity contribution >= 4 is 130 Å². The molecule has 42 heavy (non-hydrogen) atoms. The molecule has 0 aromatic heterocycles. The van der Waals surface area contributed by atoms with Gasteiger partial charge in [0.15, 0.2) is 0 Å². The lowest BCUT2D eigenvalue weighted by Crippen LogP contribution is -2.42. The van der Waals surface area contributed by atoms with Crippen LogP contribution >= 0.6 is 118 Å². The SMILES string of the molecule is C=CC(=O)OC(CSCC1SCCS1)CSCC1(C)CSC(C)(CSCC(CSCC2SCCS2)OC(=O)C=C)CS1. The summed E-state index contributed by atoms with van der Waals surface area (Å²) in [4.78, 5) is 23.9. The lowest BCUT2D eigenvalue weighted by molar-refractivity contribution is -0.141. The van der Waals surface area contributed by atoms with Crippen LogP contribution in [0.15, 0.2) is 25.3 Å². The zero-order valence-corrected chi connectivity index (χ0v) is 32.7. The highest BCUT2D eigenvalue weighted by Gasteiger charge is 2.39. The molecule has 3 saturated heterocycles. The Hall–Kier alpha value is 1.92. The van der Waals surface area contributed by atoms with E-state index in [4.69, 9.17) is 9.47 Å². The fourth-order valence-electron chi connectivity index (χ4n) is 3.97. The van der Waals surface area contributed by atoms with E-state index in [0.717, 1.165) is 57.5 Å². The van der Waals surface area contributed by atoms with Crippen LogP contribution < -0.4 is 0 Å². The third kappa shape index (κ3) is 15.2. The predicted octanol–water partition coefficient (Wildman–Crippen LogP) is 7.72. The summed E-state index contributed by atoms with van der Waals surface area (Å²) >= 11 is 20.0. The van der Waals surface area contributed by atoms with Crippen LogP contribution in [-0.4, -0.2) is 123 Å². The van der Waals surface area contributed by atoms with Gasteiger partial charge in [-0.3, -0.25) is 0 Å². The highest BCUT2D eigenvalue weighted by Crippen LogP contribution is 2.47. The molecule has 0 radical (unpaired) electrons. The summed E-state index contributed by atoms with van der Waals surface area (Å²) in [6, 6.07) is 0. The molecule has 240 valence electrons. The number of esters is 2. The van der Waals surface area contributed by atoms with Gasteiger partial charge in [0.25, 0.3) is 0 Å². The molecule has 0 aromatic rings. The number of ether oxygens (including phenoxy) is 2. The predicted molar refractivity (Wildman–Crippen MR) is 209 cm³/mol. The lowest BCUT2D eigenvalue weighted by atomic mass is 10.2. The van der Waals surface area contributed by atoms with Gasteiger partial charge >= 0.3 is 11.9 Å². The van der Waals surface area contributed by atoms with Crippen molar-refractivity contribution in [2.24, 2.45) is 0 Å². The van der Waals surface area contributed by atoms with Gasteiger partial charge in [-0.05, 0) is 13.8 Å². The first-order valence-electron chi connectivity index (χ1n) is 13.9. The molecular formula is C28H44O4S10. The molecule has 0 amide bonds. The average Bonchev–Trinajstić information content (AvgIpc) is 3.69. The van der Waals surface area contributed by atoms with Crippen LogP contribution in [0.4, 0.5) is 0 Å². The Kier molecular flexibility index (Phi) is 19.2. The van der Waals surface area contributed by atoms with E-state index in [9.17, 15) is 9.59 Å². The van der Waals surface area contributed by atoms with Crippen molar-refractivity contribution in [2.75, 3.05) is 80.5 Å². The van der Waals surface area contributed by atoms with Gasteiger partial charge in [0.2, 0.25) is 0 Å². The molecule has 3 aliphatic heterocycles. The van der Waals surface area contributed by atoms with Crippen molar-refractivity contribution in [3.8, 4) is 0 Å². The molecule has 0 spiro atoms. The van der Waals surface area contributed by atoms with Gasteiger partial charge in [-0.25, -0.2) is 9.59 Å². The molecule has 3 fully saturated rings. The number of hydrogen-bond donors (Lipinski definition) is 0. The van der Waals surface area contributed by atoms with Crippen LogP contribution in [0.3, 0.4) is 0 Å². The van der Waals surface area contributed by atoms with E-state index in [1.54, 1.807) is 0 Å². The summed E-state index contributed by atoms with van der Waals surface area (Å²) in [5, 5.41) is 0. The minimum atomic E-state index is -0.320. The molecule has 0 saturated carbocycles. The fraction of sp³-hybridized carbons (Fsp3) is 0.786. The zero-order chi connectivity index (χ0) is 30.3. The molecule has 3 heterocycles. The molecule has 0 N–H and O–H groups in total. The topological polar surface area (TPSA) is 52.6 Å². The Labute approximate surface area is 296 Å². The minimum Gasteiger partial charge on any atom is -0.457 e. The molecule has 4 unspecified atom stereocenters. The van der Waals surface area contributed by atoms with E-state index in [0.29, 0.717) is 9.16 Å². The number of rotatable bonds is 20. The minimum absolute atomic E-state index is 0.0783. The van der Waals surface area contributed by atoms with Gasteiger partial charge in [0.05, 0.1) is 9.16 Å². The molecule has 0 bridgehead atoms. The van der Waals surface area contributed by atoms with E-state index in [2.05, 4.69) is 50.5 Å². The molecule has 0 aromatic carbocycles. The van der Waals surface area contributed by atoms with Crippen LogP contribution in [-0.2, 0) is 19.1 Å². The molecule has 4 atom stereocenters. The largest absolute Gasteiger partial charge is 0.457 e. The van der Waals surface area contributed by atoms with Crippen molar-refractivity contribution in [1.82, 2.24) is 0 Å². The van der Waals surface area contributed by atoms with Crippen LogP contribution in [0.25, 0.3) is 0 Å². The Morgan fingerprint density at radius 1 is 0.714 bits per heavy atom. The van der Waals surface area contributed by atoms with Gasteiger partial charge < -0.3 is 9.47 Å². The van der Waals surface area contributed by atoms with Crippen molar-refractivity contribution in [3.63, 3.8) is 0 Å². The maximum Gasteiger partial charge on any atom is 0.330 e. The first kappa shape index (κ1) is 38.4. The summed E-state index contributed by atoms with van der Waals surface area (Å²) in [6.07, 6.45) is 2.40. The third-order valence-corrected chi connectivity index (χ3v) is 22.7. The zero-order valence-electron chi connectivity index (χ0n) is 24.5. The summed E-state index contributed by atoms with van der Waals surface area (Å²) in [5.41, 5.74) is 0. The number of hydrogen-bond acceptors (Lipinski definition) is 14. The van der Waals surface area contributed by atoms with Gasteiger partial charge in [-0.15, -0.1) is 47.0 Å². The second-order valence-electron chi connectivity index (χ2n) is 10.5. The number of carbonyl (C=O) groups is 2. The smallest absolute Gasteiger partial charge is 0.330 e. The number of thioether (sulfide) groups is 10. The highest BCUT2D eigenvalue weighted by molar-refractivity contribution is 8.21. The second-order valence-corrected chi connectivity index (χ2v) is 23.6. The normalized spacial score (nSPS) is 26.5. The molecule has 3 aliphatic rings. The van der Waals surface area contributed by atoms with Crippen molar-refractivity contribution in [2.45, 2.75) is 44.7 Å². The fourth-order valence-corrected chi connectivity index (χ4v) is 19.2. The van der Waals surface area contributed by atoms with Crippen molar-refractivity contribution < 1.29 is 19.1 Å². The maximum absolute atomic E-state index is 11.9. The summed E-state index contributed by atoms with van der Waals surface area (Å²) in [7, 11) is 0. The monoisotopic (exact) mass is 764 g/mol. The number of carbonyl (C=O) groups excluding carboxylic acids is 2. The molecule has 3 rings (SSSR count). The molecular weight excluding hydrogens is 721 g/mol. The van der Waals surface area contributed by atoms with E-state index < -0.39 is 0 Å². The lowest BCUT2D eigenvalue weighted by Gasteiger charge is -2.42. The van der Waals surface area contributed by atoms with E-state index in [-0.39, 0.29) is 33.6 Å². The summed E-state index contributed by atoms with van der Waals surface area (Å²) < 4.78 is 13.1. The Morgan fingerprint density at radius 3 is 1.40 bits per heavy atom. The average molecular weight is 765 g/mol. The van der Waals surface area contributed by atoms with Crippen LogP contribution in [0.2, 0.25) is 0 Å². The molecule has 0 aliphatic carbocycles. The van der Waals surface area contributed by atoms with E-state index in [1.807, 2.05) is 94.1 Å². The standard InChI is InChI=1S/C28H44O4S10/c1-5-23(29)31-21(11-33-15-25-37-7-8-38-25)13-35-17-27(3)19-42-28(4,20-41-27)18-36-14-22(32-24(30)6-2)12-34-16-26-39-9-10-40-26/h5-6,21-22,25-26H,1-2,7-20H2,3-4H3. The Bertz CT molecular complexity index is 775. The highest BCUT2D eigenvalue weighted by atomic mass is 32.2. The van der Waals surface area contributed by atoms with Gasteiger partial charge in [0, 0.05) is 102 Å². The van der Waals surface area contributed by atoms with E-state index in [1.165, 1.54) is 35.2 Å². The maximum atomic E-state index is 11.9. The van der Waals surface area contributed by atoms with Crippen molar-refractivity contribution in [1.29, 1.82) is 0 Å². The summed E-state index contributed by atoms with van der Waals surface area (Å²) in [6.45, 7) is 11.9. The Balaban J connectivity index is 1.36. The summed E-state index contributed by atoms with van der Waals surface area (Å²) in [5.74, 6) is 14.2. The first-order chi connectivity index (χ1) is 20.2. The molecule has 14 heteroatoms. The van der Waals surface area contributed by atoms with Gasteiger partial charge in [0.1, 0.15) is 12.2 Å². The van der Waals surface area contributed by atoms with Gasteiger partial charge in [-0.2, -0.15) is 70.6 Å². The van der Waals surface area contributed by atoms with Gasteiger partial charge in [-0.1, -0.05) is 13.2 Å². The second kappa shape index (κ2) is 21.0. The van der Waals surface area contributed by atoms with Crippen LogP contribution in [0.1, 0.15) is 13.8 Å². The molecule has 4 nitrogen and oxygen atoms in total. The first-order valence-corrected chi connectivity index (χ1v) is 24.7. The van der Waals surface area contributed by atoms with E-state index >= 15 is 0 Å². The van der Waals surface area contributed by atoms with Crippen LogP contribution in [0, 0.1) is 0 Å². The third-order valence-electron chi connectivity index (χ3n) is 6.27. The van der Waals surface area contributed by atoms with Crippen molar-refractivity contribution in [3.05, 3.63) is 25.3 Å². The Morgan fingerprint density at radius 2 is 1.07 bits per heavy atom. The quantitative estimate of drug-likeness (QED) is 0.0899.